The van der Waals surface area contributed by atoms with E-state index in [1.165, 1.54) is 0 Å². The summed E-state index contributed by atoms with van der Waals surface area (Å²) in [6, 6.07) is 11.8. The summed E-state index contributed by atoms with van der Waals surface area (Å²) in [7, 11) is 0. The van der Waals surface area contributed by atoms with Gasteiger partial charge in [0.1, 0.15) is 29.9 Å². The smallest absolute Gasteiger partial charge is 0.413 e. The van der Waals surface area contributed by atoms with Gasteiger partial charge in [-0.25, -0.2) is 14.6 Å². The molecule has 0 saturated carbocycles. The molecular weight excluding hydrogens is 388 g/mol. The van der Waals surface area contributed by atoms with Gasteiger partial charge in [0.2, 0.25) is 5.91 Å². The highest BCUT2D eigenvalue weighted by Crippen LogP contribution is 2.23. The quantitative estimate of drug-likeness (QED) is 0.710. The minimum absolute atomic E-state index is 0.131. The zero-order chi connectivity index (χ0) is 21.7. The topological polar surface area (TPSA) is 119 Å². The van der Waals surface area contributed by atoms with Gasteiger partial charge in [0.05, 0.1) is 0 Å². The van der Waals surface area contributed by atoms with Gasteiger partial charge in [-0.1, -0.05) is 36.4 Å². The van der Waals surface area contributed by atoms with Crippen molar-refractivity contribution in [2.24, 2.45) is 0 Å². The maximum atomic E-state index is 12.3. The Labute approximate surface area is 174 Å². The molecule has 0 saturated heterocycles. The molecule has 0 bridgehead atoms. The maximum absolute atomic E-state index is 12.3. The van der Waals surface area contributed by atoms with Crippen molar-refractivity contribution in [1.29, 1.82) is 0 Å². The van der Waals surface area contributed by atoms with Gasteiger partial charge < -0.3 is 20.1 Å². The minimum Gasteiger partial charge on any atom is -0.444 e. The lowest BCUT2D eigenvalue weighted by Gasteiger charge is -2.26. The van der Waals surface area contributed by atoms with Gasteiger partial charge in [0.15, 0.2) is 0 Å². The van der Waals surface area contributed by atoms with Gasteiger partial charge >= 0.3 is 12.2 Å². The van der Waals surface area contributed by atoms with Crippen molar-refractivity contribution in [2.75, 3.05) is 10.6 Å². The molecule has 0 fully saturated rings. The number of carbonyl (C=O) groups is 3. The molecule has 0 unspecified atom stereocenters. The highest BCUT2D eigenvalue weighted by Gasteiger charge is 2.30. The van der Waals surface area contributed by atoms with E-state index in [0.29, 0.717) is 5.82 Å². The molecule has 1 atom stereocenters. The van der Waals surface area contributed by atoms with Crippen LogP contribution in [0.15, 0.2) is 42.5 Å². The fraction of sp³-hybridized carbons (Fsp3) is 0.333. The van der Waals surface area contributed by atoms with E-state index in [1.807, 2.05) is 30.3 Å². The van der Waals surface area contributed by atoms with Crippen molar-refractivity contribution in [2.45, 2.75) is 45.4 Å². The average Bonchev–Trinajstić information content (AvgIpc) is 2.66. The van der Waals surface area contributed by atoms with E-state index in [9.17, 15) is 14.4 Å². The number of nitrogens with one attached hydrogen (secondary N) is 3. The Morgan fingerprint density at radius 1 is 1.13 bits per heavy atom. The summed E-state index contributed by atoms with van der Waals surface area (Å²) < 4.78 is 10.3. The molecule has 3 N–H and O–H groups in total. The van der Waals surface area contributed by atoms with Crippen molar-refractivity contribution < 1.29 is 23.9 Å². The molecule has 158 valence electrons. The lowest BCUT2D eigenvalue weighted by atomic mass is 10.0. The van der Waals surface area contributed by atoms with E-state index < -0.39 is 29.7 Å². The lowest BCUT2D eigenvalue weighted by molar-refractivity contribution is -0.118. The molecule has 1 aromatic heterocycles. The number of benzene rings is 1. The second-order valence-electron chi connectivity index (χ2n) is 7.78. The van der Waals surface area contributed by atoms with Crippen LogP contribution in [0.5, 0.6) is 0 Å². The monoisotopic (exact) mass is 412 g/mol. The first-order chi connectivity index (χ1) is 14.2. The summed E-state index contributed by atoms with van der Waals surface area (Å²) in [6.45, 7) is 5.36. The molecular formula is C21H24N4O5. The van der Waals surface area contributed by atoms with Crippen molar-refractivity contribution in [3.05, 3.63) is 53.6 Å². The van der Waals surface area contributed by atoms with E-state index in [4.69, 9.17) is 9.47 Å². The van der Waals surface area contributed by atoms with E-state index in [-0.39, 0.29) is 18.8 Å². The van der Waals surface area contributed by atoms with Crippen LogP contribution in [0.1, 0.15) is 31.9 Å². The second kappa shape index (κ2) is 8.81. The largest absolute Gasteiger partial charge is 0.444 e. The molecule has 3 amide bonds. The van der Waals surface area contributed by atoms with Gasteiger partial charge in [0.25, 0.3) is 0 Å². The summed E-state index contributed by atoms with van der Waals surface area (Å²) >= 11 is 0. The third-order valence-corrected chi connectivity index (χ3v) is 4.09. The molecule has 1 aromatic carbocycles. The highest BCUT2D eigenvalue weighted by atomic mass is 16.6. The summed E-state index contributed by atoms with van der Waals surface area (Å²) in [6.07, 6.45) is -1.07. The first-order valence-corrected chi connectivity index (χ1v) is 9.47. The molecule has 1 aliphatic heterocycles. The van der Waals surface area contributed by atoms with Gasteiger partial charge in [-0.2, -0.15) is 0 Å². The summed E-state index contributed by atoms with van der Waals surface area (Å²) in [5.41, 5.74) is 0.922. The van der Waals surface area contributed by atoms with E-state index in [0.717, 1.165) is 11.1 Å². The average molecular weight is 412 g/mol. The Kier molecular flexibility index (Phi) is 6.20. The Balaban J connectivity index is 1.57. The Bertz CT molecular complexity index is 940. The predicted molar refractivity (Wildman–Crippen MR) is 110 cm³/mol. The fourth-order valence-electron chi connectivity index (χ4n) is 2.78. The van der Waals surface area contributed by atoms with Gasteiger partial charge in [0, 0.05) is 6.42 Å². The van der Waals surface area contributed by atoms with Crippen LogP contribution in [0, 0.1) is 0 Å². The lowest BCUT2D eigenvalue weighted by Crippen LogP contribution is -2.49. The first kappa shape index (κ1) is 21.1. The molecule has 2 aromatic rings. The van der Waals surface area contributed by atoms with Crippen LogP contribution in [-0.2, 0) is 27.3 Å². The Morgan fingerprint density at radius 3 is 2.57 bits per heavy atom. The number of pyridine rings is 1. The number of hydrogen-bond donors (Lipinski definition) is 3. The SMILES string of the molecule is CC(C)(C)OC(=O)N[C@@H]1Cc2ccc(NC(=O)OCc3ccccc3)nc2NC1=O. The first-order valence-electron chi connectivity index (χ1n) is 9.47. The number of rotatable bonds is 4. The van der Waals surface area contributed by atoms with Crippen molar-refractivity contribution in [3.63, 3.8) is 0 Å². The molecule has 0 spiro atoms. The summed E-state index contributed by atoms with van der Waals surface area (Å²) in [4.78, 5) is 40.5. The molecule has 9 nitrogen and oxygen atoms in total. The molecule has 0 aliphatic carbocycles. The molecule has 9 heteroatoms. The highest BCUT2D eigenvalue weighted by molar-refractivity contribution is 5.99. The van der Waals surface area contributed by atoms with Crippen LogP contribution >= 0.6 is 0 Å². The van der Waals surface area contributed by atoms with E-state index >= 15 is 0 Å². The zero-order valence-electron chi connectivity index (χ0n) is 17.0. The zero-order valence-corrected chi connectivity index (χ0v) is 17.0. The number of ether oxygens (including phenoxy) is 2. The van der Waals surface area contributed by atoms with Crippen LogP contribution in [0.25, 0.3) is 0 Å². The number of fused-ring (bicyclic) bond motifs is 1. The molecule has 3 rings (SSSR count). The van der Waals surface area contributed by atoms with E-state index in [1.54, 1.807) is 32.9 Å². The number of hydrogen-bond acceptors (Lipinski definition) is 6. The summed E-state index contributed by atoms with van der Waals surface area (Å²) in [5, 5.41) is 7.72. The van der Waals surface area contributed by atoms with Gasteiger partial charge in [-0.3, -0.25) is 10.1 Å². The molecule has 30 heavy (non-hydrogen) atoms. The third-order valence-electron chi connectivity index (χ3n) is 4.09. The number of carbonyl (C=O) groups excluding carboxylic acids is 3. The van der Waals surface area contributed by atoms with Crippen LogP contribution in [0.3, 0.4) is 0 Å². The molecule has 0 radical (unpaired) electrons. The van der Waals surface area contributed by atoms with Crippen molar-refractivity contribution in [1.82, 2.24) is 10.3 Å². The Morgan fingerprint density at radius 2 is 1.87 bits per heavy atom. The maximum Gasteiger partial charge on any atom is 0.413 e. The fourth-order valence-corrected chi connectivity index (χ4v) is 2.78. The Hall–Kier alpha value is -3.62. The number of aromatic nitrogens is 1. The van der Waals surface area contributed by atoms with Crippen molar-refractivity contribution in [3.8, 4) is 0 Å². The predicted octanol–water partition coefficient (Wildman–Crippen LogP) is 3.22. The van der Waals surface area contributed by atoms with E-state index in [2.05, 4.69) is 20.9 Å². The number of alkyl carbamates (subject to hydrolysis) is 1. The standard InChI is InChI=1S/C21H24N4O5/c1-21(2,3)30-20(28)22-15-11-14-9-10-16(23-17(14)25-18(15)26)24-19(27)29-12-13-7-5-4-6-8-13/h4-10,15H,11-12H2,1-3H3,(H,22,28)(H2,23,24,25,26,27)/t15-/m1/s1. The summed E-state index contributed by atoms with van der Waals surface area (Å²) in [5.74, 6) is 0.151. The van der Waals surface area contributed by atoms with Crippen LogP contribution in [0.2, 0.25) is 0 Å². The van der Waals surface area contributed by atoms with Gasteiger partial charge in [-0.05, 0) is 38.0 Å². The molecule has 2 heterocycles. The van der Waals surface area contributed by atoms with Crippen LogP contribution < -0.4 is 16.0 Å². The van der Waals surface area contributed by atoms with Crippen molar-refractivity contribution >= 4 is 29.7 Å². The van der Waals surface area contributed by atoms with Crippen LogP contribution in [0.4, 0.5) is 21.2 Å². The molecule has 1 aliphatic rings. The number of amides is 3. The second-order valence-corrected chi connectivity index (χ2v) is 7.78. The van der Waals surface area contributed by atoms with Crippen LogP contribution in [-0.4, -0.2) is 34.7 Å². The normalized spacial score (nSPS) is 15.4. The number of nitrogens with zero attached hydrogens (tertiary/aromatic N) is 1. The third kappa shape index (κ3) is 5.94. The van der Waals surface area contributed by atoms with Gasteiger partial charge in [-0.15, -0.1) is 0 Å². The minimum atomic E-state index is -0.774. The number of anilines is 2.